The number of nitrogens with one attached hydrogen (secondary N) is 1. The van der Waals surface area contributed by atoms with Crippen LogP contribution in [0.15, 0.2) is 61.1 Å². The SMILES string of the molecule is CCS[C@H]1C[C@H]2CC(c3c[nH]c(-c4ccc(F)cc4)c3-c3ccncc3)=CCN2C1. The largest absolute Gasteiger partial charge is 0.360 e. The Labute approximate surface area is 181 Å². The molecule has 1 saturated heterocycles. The minimum atomic E-state index is -0.216. The summed E-state index contributed by atoms with van der Waals surface area (Å²) in [6.45, 7) is 4.48. The molecule has 0 bridgehead atoms. The molecule has 0 aliphatic carbocycles. The Balaban J connectivity index is 1.52. The van der Waals surface area contributed by atoms with Crippen LogP contribution in [0, 0.1) is 5.82 Å². The molecule has 3 nitrogen and oxygen atoms in total. The van der Waals surface area contributed by atoms with E-state index in [1.807, 2.05) is 24.5 Å². The van der Waals surface area contributed by atoms with E-state index < -0.39 is 0 Å². The molecule has 0 spiro atoms. The molecule has 0 saturated carbocycles. The Morgan fingerprint density at radius 1 is 1.13 bits per heavy atom. The van der Waals surface area contributed by atoms with Gasteiger partial charge in [-0.15, -0.1) is 0 Å². The van der Waals surface area contributed by atoms with Crippen LogP contribution >= 0.6 is 11.8 Å². The first-order valence-corrected chi connectivity index (χ1v) is 11.7. The molecule has 3 aromatic rings. The second-order valence-electron chi connectivity index (χ2n) is 8.05. The van der Waals surface area contributed by atoms with Gasteiger partial charge in [0, 0.05) is 54.1 Å². The number of hydrogen-bond donors (Lipinski definition) is 1. The molecule has 1 fully saturated rings. The van der Waals surface area contributed by atoms with Crippen LogP contribution in [0.25, 0.3) is 28.0 Å². The number of aromatic amines is 1. The van der Waals surface area contributed by atoms with E-state index >= 15 is 0 Å². The number of rotatable bonds is 5. The van der Waals surface area contributed by atoms with Gasteiger partial charge in [0.15, 0.2) is 0 Å². The molecule has 4 heterocycles. The van der Waals surface area contributed by atoms with Gasteiger partial charge in [0.2, 0.25) is 0 Å². The number of aromatic nitrogens is 2. The van der Waals surface area contributed by atoms with Crippen molar-refractivity contribution in [2.45, 2.75) is 31.1 Å². The van der Waals surface area contributed by atoms with Crippen molar-refractivity contribution in [1.29, 1.82) is 0 Å². The van der Waals surface area contributed by atoms with Crippen molar-refractivity contribution >= 4 is 17.3 Å². The van der Waals surface area contributed by atoms with Crippen molar-refractivity contribution < 1.29 is 4.39 Å². The number of benzene rings is 1. The lowest BCUT2D eigenvalue weighted by molar-refractivity contribution is 0.275. The van der Waals surface area contributed by atoms with E-state index in [4.69, 9.17) is 0 Å². The molecular formula is C25H26FN3S. The lowest BCUT2D eigenvalue weighted by atomic mass is 9.89. The summed E-state index contributed by atoms with van der Waals surface area (Å²) < 4.78 is 13.5. The third-order valence-corrected chi connectivity index (χ3v) is 7.39. The third-order valence-electron chi connectivity index (χ3n) is 6.25. The highest BCUT2D eigenvalue weighted by molar-refractivity contribution is 7.99. The molecule has 2 aromatic heterocycles. The molecule has 1 N–H and O–H groups in total. The maximum atomic E-state index is 13.5. The Hall–Kier alpha value is -2.37. The summed E-state index contributed by atoms with van der Waals surface area (Å²) in [4.78, 5) is 10.3. The number of pyridine rings is 1. The highest BCUT2D eigenvalue weighted by Gasteiger charge is 2.35. The average molecular weight is 420 g/mol. The molecular weight excluding hydrogens is 393 g/mol. The number of thioether (sulfide) groups is 1. The Morgan fingerprint density at radius 3 is 2.70 bits per heavy atom. The van der Waals surface area contributed by atoms with Crippen molar-refractivity contribution in [1.82, 2.24) is 14.9 Å². The molecule has 0 radical (unpaired) electrons. The molecule has 0 unspecified atom stereocenters. The van der Waals surface area contributed by atoms with Crippen molar-refractivity contribution in [2.24, 2.45) is 0 Å². The predicted molar refractivity (Wildman–Crippen MR) is 124 cm³/mol. The number of fused-ring (bicyclic) bond motifs is 1. The van der Waals surface area contributed by atoms with Crippen LogP contribution in [0.3, 0.4) is 0 Å². The van der Waals surface area contributed by atoms with E-state index in [1.165, 1.54) is 47.6 Å². The Morgan fingerprint density at radius 2 is 1.93 bits per heavy atom. The Kier molecular flexibility index (Phi) is 5.48. The number of H-pyrrole nitrogens is 1. The highest BCUT2D eigenvalue weighted by Crippen LogP contribution is 2.42. The van der Waals surface area contributed by atoms with Crippen LogP contribution in [0.5, 0.6) is 0 Å². The first-order chi connectivity index (χ1) is 14.7. The molecule has 2 atom stereocenters. The fourth-order valence-electron chi connectivity index (χ4n) is 4.85. The van der Waals surface area contributed by atoms with Gasteiger partial charge in [0.25, 0.3) is 0 Å². The summed E-state index contributed by atoms with van der Waals surface area (Å²) in [6, 6.07) is 11.5. The molecule has 1 aromatic carbocycles. The van der Waals surface area contributed by atoms with Gasteiger partial charge in [-0.25, -0.2) is 4.39 Å². The summed E-state index contributed by atoms with van der Waals surface area (Å²) >= 11 is 2.10. The fourth-order valence-corrected chi connectivity index (χ4v) is 5.98. The van der Waals surface area contributed by atoms with Gasteiger partial charge in [0.1, 0.15) is 5.82 Å². The second-order valence-corrected chi connectivity index (χ2v) is 9.63. The lowest BCUT2D eigenvalue weighted by Gasteiger charge is -2.29. The quantitative estimate of drug-likeness (QED) is 0.562. The minimum absolute atomic E-state index is 0.216. The zero-order valence-electron chi connectivity index (χ0n) is 17.1. The van der Waals surface area contributed by atoms with Gasteiger partial charge in [0.05, 0.1) is 5.69 Å². The maximum absolute atomic E-state index is 13.5. The first-order valence-electron chi connectivity index (χ1n) is 10.7. The smallest absolute Gasteiger partial charge is 0.123 e. The van der Waals surface area contributed by atoms with E-state index in [2.05, 4.69) is 58.0 Å². The third kappa shape index (κ3) is 3.72. The van der Waals surface area contributed by atoms with Gasteiger partial charge >= 0.3 is 0 Å². The van der Waals surface area contributed by atoms with Gasteiger partial charge < -0.3 is 4.98 Å². The first kappa shape index (κ1) is 19.6. The molecule has 2 aliphatic rings. The van der Waals surface area contributed by atoms with Crippen molar-refractivity contribution in [3.63, 3.8) is 0 Å². The molecule has 0 amide bonds. The fraction of sp³-hybridized carbons (Fsp3) is 0.320. The molecule has 5 rings (SSSR count). The summed E-state index contributed by atoms with van der Waals surface area (Å²) in [5.41, 5.74) is 7.01. The number of hydrogen-bond acceptors (Lipinski definition) is 3. The maximum Gasteiger partial charge on any atom is 0.123 e. The molecule has 5 heteroatoms. The van der Waals surface area contributed by atoms with Crippen LogP contribution in [0.1, 0.15) is 25.3 Å². The number of nitrogens with zero attached hydrogens (tertiary/aromatic N) is 2. The zero-order valence-corrected chi connectivity index (χ0v) is 18.0. The van der Waals surface area contributed by atoms with E-state index in [0.717, 1.165) is 35.0 Å². The van der Waals surface area contributed by atoms with E-state index in [9.17, 15) is 4.39 Å². The minimum Gasteiger partial charge on any atom is -0.360 e. The molecule has 154 valence electrons. The van der Waals surface area contributed by atoms with Gasteiger partial charge in [-0.2, -0.15) is 11.8 Å². The summed E-state index contributed by atoms with van der Waals surface area (Å²) in [6.07, 6.45) is 10.6. The zero-order chi connectivity index (χ0) is 20.5. The van der Waals surface area contributed by atoms with E-state index in [-0.39, 0.29) is 5.82 Å². The molecule has 2 aliphatic heterocycles. The van der Waals surface area contributed by atoms with Crippen LogP contribution < -0.4 is 0 Å². The second kappa shape index (κ2) is 8.40. The number of halogens is 1. The molecule has 30 heavy (non-hydrogen) atoms. The normalized spacial score (nSPS) is 21.5. The van der Waals surface area contributed by atoms with E-state index in [0.29, 0.717) is 6.04 Å². The lowest BCUT2D eigenvalue weighted by Crippen LogP contribution is -2.33. The van der Waals surface area contributed by atoms with Crippen LogP contribution in [0.2, 0.25) is 0 Å². The van der Waals surface area contributed by atoms with Crippen LogP contribution in [-0.4, -0.2) is 45.0 Å². The van der Waals surface area contributed by atoms with Crippen molar-refractivity contribution in [3.05, 3.63) is 72.4 Å². The van der Waals surface area contributed by atoms with Gasteiger partial charge in [-0.1, -0.05) is 13.0 Å². The summed E-state index contributed by atoms with van der Waals surface area (Å²) in [7, 11) is 0. The summed E-state index contributed by atoms with van der Waals surface area (Å²) in [5.74, 6) is 0.975. The average Bonchev–Trinajstić information content (AvgIpc) is 3.38. The van der Waals surface area contributed by atoms with Crippen LogP contribution in [0.4, 0.5) is 4.39 Å². The van der Waals surface area contributed by atoms with Crippen LogP contribution in [-0.2, 0) is 0 Å². The van der Waals surface area contributed by atoms with Crippen molar-refractivity contribution in [3.8, 4) is 22.4 Å². The standard InChI is InChI=1S/C25H26FN3S/c1-2-30-22-14-21-13-19(9-12-29(21)16-22)23-15-28-25(18-3-5-20(26)6-4-18)24(23)17-7-10-27-11-8-17/h3-11,15,21-22,28H,2,12-14,16H2,1H3/t21-,22+/m1/s1. The monoisotopic (exact) mass is 419 g/mol. The topological polar surface area (TPSA) is 31.9 Å². The highest BCUT2D eigenvalue weighted by atomic mass is 32.2. The summed E-state index contributed by atoms with van der Waals surface area (Å²) in [5, 5.41) is 0.758. The van der Waals surface area contributed by atoms with Gasteiger partial charge in [-0.3, -0.25) is 9.88 Å². The van der Waals surface area contributed by atoms with E-state index in [1.54, 1.807) is 0 Å². The van der Waals surface area contributed by atoms with Gasteiger partial charge in [-0.05, 0) is 71.7 Å². The predicted octanol–water partition coefficient (Wildman–Crippen LogP) is 5.87. The Bertz CT molecular complexity index is 1040. The van der Waals surface area contributed by atoms with Crippen molar-refractivity contribution in [2.75, 3.05) is 18.8 Å².